The van der Waals surface area contributed by atoms with Crippen molar-refractivity contribution in [3.05, 3.63) is 57.8 Å². The van der Waals surface area contributed by atoms with Crippen LogP contribution in [0.25, 0.3) is 0 Å². The van der Waals surface area contributed by atoms with Gasteiger partial charge in [-0.2, -0.15) is 0 Å². The molecule has 0 bridgehead atoms. The molecule has 0 spiro atoms. The summed E-state index contributed by atoms with van der Waals surface area (Å²) in [6.45, 7) is 1.85. The minimum atomic E-state index is -0.197. The third-order valence-corrected chi connectivity index (χ3v) is 3.91. The van der Waals surface area contributed by atoms with Gasteiger partial charge in [-0.1, -0.05) is 12.1 Å². The highest BCUT2D eigenvalue weighted by molar-refractivity contribution is 9.10. The molecular formula is C16H15BrFNO2. The predicted molar refractivity (Wildman–Crippen MR) is 82.1 cm³/mol. The normalized spacial score (nSPS) is 12.7. The fourth-order valence-electron chi connectivity index (χ4n) is 2.24. The smallest absolute Gasteiger partial charge is 0.231 e. The van der Waals surface area contributed by atoms with Crippen molar-refractivity contribution in [2.24, 2.45) is 0 Å². The molecule has 3 nitrogen and oxygen atoms in total. The van der Waals surface area contributed by atoms with E-state index in [4.69, 9.17) is 9.47 Å². The molecule has 21 heavy (non-hydrogen) atoms. The van der Waals surface area contributed by atoms with E-state index in [1.54, 1.807) is 0 Å². The first-order valence-electron chi connectivity index (χ1n) is 6.75. The average molecular weight is 352 g/mol. The molecule has 0 aromatic heterocycles. The third kappa shape index (κ3) is 3.54. The van der Waals surface area contributed by atoms with Gasteiger partial charge < -0.3 is 14.8 Å². The van der Waals surface area contributed by atoms with E-state index in [1.165, 1.54) is 12.1 Å². The summed E-state index contributed by atoms with van der Waals surface area (Å²) in [7, 11) is 0. The van der Waals surface area contributed by atoms with Crippen LogP contribution in [-0.2, 0) is 13.0 Å². The Balaban J connectivity index is 1.52. The summed E-state index contributed by atoms with van der Waals surface area (Å²) in [6.07, 6.45) is 0.867. The van der Waals surface area contributed by atoms with Crippen molar-refractivity contribution in [2.45, 2.75) is 13.0 Å². The number of nitrogens with one attached hydrogen (secondary N) is 1. The zero-order valence-corrected chi connectivity index (χ0v) is 13.0. The molecular weight excluding hydrogens is 337 g/mol. The number of halogens is 2. The summed E-state index contributed by atoms with van der Waals surface area (Å²) in [5.74, 6) is 1.35. The SMILES string of the molecule is Fc1ccc(CCNCc2cc(Br)c3c(c2)OCO3)cc1. The zero-order chi connectivity index (χ0) is 14.7. The van der Waals surface area contributed by atoms with Crippen molar-refractivity contribution in [1.82, 2.24) is 5.32 Å². The highest BCUT2D eigenvalue weighted by Crippen LogP contribution is 2.39. The van der Waals surface area contributed by atoms with Gasteiger partial charge in [0.1, 0.15) is 5.82 Å². The Morgan fingerprint density at radius 1 is 1.10 bits per heavy atom. The topological polar surface area (TPSA) is 30.5 Å². The summed E-state index contributed by atoms with van der Waals surface area (Å²) in [5.41, 5.74) is 2.25. The lowest BCUT2D eigenvalue weighted by atomic mass is 10.1. The van der Waals surface area contributed by atoms with Crippen molar-refractivity contribution in [1.29, 1.82) is 0 Å². The van der Waals surface area contributed by atoms with E-state index in [0.29, 0.717) is 0 Å². The van der Waals surface area contributed by atoms with Gasteiger partial charge in [-0.15, -0.1) is 0 Å². The van der Waals surface area contributed by atoms with Crippen LogP contribution in [0.4, 0.5) is 4.39 Å². The highest BCUT2D eigenvalue weighted by Gasteiger charge is 2.17. The molecule has 1 aliphatic heterocycles. The predicted octanol–water partition coefficient (Wildman–Crippen LogP) is 3.65. The van der Waals surface area contributed by atoms with Crippen molar-refractivity contribution < 1.29 is 13.9 Å². The second-order valence-electron chi connectivity index (χ2n) is 4.86. The van der Waals surface area contributed by atoms with Crippen LogP contribution in [0.3, 0.4) is 0 Å². The number of hydrogen-bond acceptors (Lipinski definition) is 3. The van der Waals surface area contributed by atoms with Crippen LogP contribution in [0.1, 0.15) is 11.1 Å². The van der Waals surface area contributed by atoms with E-state index in [0.717, 1.165) is 46.6 Å². The van der Waals surface area contributed by atoms with E-state index >= 15 is 0 Å². The van der Waals surface area contributed by atoms with E-state index in [1.807, 2.05) is 24.3 Å². The van der Waals surface area contributed by atoms with Crippen LogP contribution >= 0.6 is 15.9 Å². The molecule has 0 saturated carbocycles. The molecule has 3 rings (SSSR count). The number of benzene rings is 2. The molecule has 2 aromatic carbocycles. The van der Waals surface area contributed by atoms with E-state index in [2.05, 4.69) is 21.2 Å². The Kier molecular flexibility index (Phi) is 4.41. The minimum Gasteiger partial charge on any atom is -0.454 e. The average Bonchev–Trinajstić information content (AvgIpc) is 2.94. The molecule has 0 atom stereocenters. The lowest BCUT2D eigenvalue weighted by molar-refractivity contribution is 0.173. The largest absolute Gasteiger partial charge is 0.454 e. The second-order valence-corrected chi connectivity index (χ2v) is 5.72. The molecule has 1 N–H and O–H groups in total. The molecule has 0 unspecified atom stereocenters. The standard InChI is InChI=1S/C16H15BrFNO2/c17-14-7-12(8-15-16(14)21-10-20-15)9-19-6-5-11-1-3-13(18)4-2-11/h1-4,7-8,19H,5-6,9-10H2. The van der Waals surface area contributed by atoms with Crippen molar-refractivity contribution in [2.75, 3.05) is 13.3 Å². The molecule has 0 fully saturated rings. The van der Waals surface area contributed by atoms with Gasteiger partial charge >= 0.3 is 0 Å². The maximum Gasteiger partial charge on any atom is 0.231 e. The molecule has 0 aliphatic carbocycles. The maximum absolute atomic E-state index is 12.8. The molecule has 0 saturated heterocycles. The van der Waals surface area contributed by atoms with Crippen LogP contribution < -0.4 is 14.8 Å². The summed E-state index contributed by atoms with van der Waals surface area (Å²) in [6, 6.07) is 10.6. The maximum atomic E-state index is 12.8. The number of hydrogen-bond donors (Lipinski definition) is 1. The van der Waals surface area contributed by atoms with E-state index < -0.39 is 0 Å². The number of rotatable bonds is 5. The van der Waals surface area contributed by atoms with E-state index in [-0.39, 0.29) is 12.6 Å². The summed E-state index contributed by atoms with van der Waals surface area (Å²) in [4.78, 5) is 0. The summed E-state index contributed by atoms with van der Waals surface area (Å²) < 4.78 is 24.5. The van der Waals surface area contributed by atoms with Gasteiger partial charge in [0, 0.05) is 6.54 Å². The zero-order valence-electron chi connectivity index (χ0n) is 11.4. The van der Waals surface area contributed by atoms with Crippen LogP contribution in [0, 0.1) is 5.82 Å². The van der Waals surface area contributed by atoms with Gasteiger partial charge in [-0.25, -0.2) is 4.39 Å². The second kappa shape index (κ2) is 6.45. The minimum absolute atomic E-state index is 0.197. The summed E-state index contributed by atoms with van der Waals surface area (Å²) >= 11 is 3.48. The monoisotopic (exact) mass is 351 g/mol. The molecule has 110 valence electrons. The lowest BCUT2D eigenvalue weighted by Gasteiger charge is -2.07. The fourth-order valence-corrected chi connectivity index (χ4v) is 2.84. The van der Waals surface area contributed by atoms with Gasteiger partial charge in [0.15, 0.2) is 11.5 Å². The quantitative estimate of drug-likeness (QED) is 0.834. The van der Waals surface area contributed by atoms with Gasteiger partial charge in [-0.3, -0.25) is 0 Å². The molecule has 2 aromatic rings. The molecule has 1 heterocycles. The van der Waals surface area contributed by atoms with Crippen molar-refractivity contribution in [3.63, 3.8) is 0 Å². The van der Waals surface area contributed by atoms with Crippen LogP contribution in [-0.4, -0.2) is 13.3 Å². The number of ether oxygens (including phenoxy) is 2. The fraction of sp³-hybridized carbons (Fsp3) is 0.250. The first-order chi connectivity index (χ1) is 10.2. The Morgan fingerprint density at radius 2 is 1.90 bits per heavy atom. The van der Waals surface area contributed by atoms with Gasteiger partial charge in [0.05, 0.1) is 4.47 Å². The third-order valence-electron chi connectivity index (χ3n) is 3.32. The first-order valence-corrected chi connectivity index (χ1v) is 7.55. The van der Waals surface area contributed by atoms with Crippen LogP contribution in [0.2, 0.25) is 0 Å². The molecule has 5 heteroatoms. The van der Waals surface area contributed by atoms with E-state index in [9.17, 15) is 4.39 Å². The Bertz CT molecular complexity index is 631. The van der Waals surface area contributed by atoms with Gasteiger partial charge in [0.25, 0.3) is 0 Å². The van der Waals surface area contributed by atoms with Crippen molar-refractivity contribution >= 4 is 15.9 Å². The molecule has 0 radical (unpaired) electrons. The van der Waals surface area contributed by atoms with Crippen LogP contribution in [0.5, 0.6) is 11.5 Å². The molecule has 1 aliphatic rings. The number of fused-ring (bicyclic) bond motifs is 1. The first kappa shape index (κ1) is 14.4. The molecule has 0 amide bonds. The Labute approximate surface area is 131 Å². The Morgan fingerprint density at radius 3 is 2.71 bits per heavy atom. The lowest BCUT2D eigenvalue weighted by Crippen LogP contribution is -2.16. The highest BCUT2D eigenvalue weighted by atomic mass is 79.9. The van der Waals surface area contributed by atoms with Gasteiger partial charge in [-0.05, 0) is 64.3 Å². The Hall–Kier alpha value is -1.59. The van der Waals surface area contributed by atoms with Gasteiger partial charge in [0.2, 0.25) is 6.79 Å². The van der Waals surface area contributed by atoms with Crippen LogP contribution in [0.15, 0.2) is 40.9 Å². The van der Waals surface area contributed by atoms with Crippen molar-refractivity contribution in [3.8, 4) is 11.5 Å². The summed E-state index contributed by atoms with van der Waals surface area (Å²) in [5, 5.41) is 3.37.